The van der Waals surface area contributed by atoms with Gasteiger partial charge in [0.25, 0.3) is 0 Å². The number of ether oxygens (including phenoxy) is 2. The summed E-state index contributed by atoms with van der Waals surface area (Å²) in [4.78, 5) is 0. The minimum Gasteiger partial charge on any atom is -0.492 e. The minimum absolute atomic E-state index is 0.700. The molecule has 0 radical (unpaired) electrons. The number of unbranched alkanes of at least 4 members (excludes halogenated alkanes) is 1. The van der Waals surface area contributed by atoms with Crippen LogP contribution in [-0.2, 0) is 4.74 Å². The molecule has 0 bridgehead atoms. The number of hydrogen-bond donors (Lipinski definition) is 1. The maximum absolute atomic E-state index is 5.58. The molecule has 0 amide bonds. The van der Waals surface area contributed by atoms with Crippen molar-refractivity contribution in [2.24, 2.45) is 0 Å². The second-order valence-corrected chi connectivity index (χ2v) is 4.67. The van der Waals surface area contributed by atoms with Crippen molar-refractivity contribution >= 4 is 15.9 Å². The molecule has 0 aliphatic heterocycles. The van der Waals surface area contributed by atoms with E-state index < -0.39 is 0 Å². The highest BCUT2D eigenvalue weighted by atomic mass is 79.9. The van der Waals surface area contributed by atoms with E-state index in [1.807, 2.05) is 24.3 Å². The van der Waals surface area contributed by atoms with Gasteiger partial charge >= 0.3 is 0 Å². The zero-order valence-corrected chi connectivity index (χ0v) is 11.8. The highest BCUT2D eigenvalue weighted by Gasteiger charge is 1.93. The van der Waals surface area contributed by atoms with Gasteiger partial charge in [-0.3, -0.25) is 0 Å². The Morgan fingerprint density at radius 1 is 1.06 bits per heavy atom. The van der Waals surface area contributed by atoms with Gasteiger partial charge in [-0.15, -0.1) is 0 Å². The van der Waals surface area contributed by atoms with E-state index in [2.05, 4.69) is 21.2 Å². The lowest BCUT2D eigenvalue weighted by Crippen LogP contribution is -2.22. The second kappa shape index (κ2) is 9.45. The predicted octanol–water partition coefficient (Wildman–Crippen LogP) is 2.84. The predicted molar refractivity (Wildman–Crippen MR) is 73.6 cm³/mol. The van der Waals surface area contributed by atoms with Gasteiger partial charge in [0.15, 0.2) is 0 Å². The van der Waals surface area contributed by atoms with Gasteiger partial charge in [-0.2, -0.15) is 0 Å². The first-order valence-electron chi connectivity index (χ1n) is 5.91. The van der Waals surface area contributed by atoms with Crippen LogP contribution in [0.25, 0.3) is 0 Å². The van der Waals surface area contributed by atoms with E-state index in [1.165, 1.54) is 0 Å². The molecule has 17 heavy (non-hydrogen) atoms. The summed E-state index contributed by atoms with van der Waals surface area (Å²) >= 11 is 3.39. The molecular formula is C13H20BrNO2. The third-order valence-electron chi connectivity index (χ3n) is 2.31. The maximum Gasteiger partial charge on any atom is 0.119 e. The highest BCUT2D eigenvalue weighted by Crippen LogP contribution is 2.15. The van der Waals surface area contributed by atoms with E-state index in [0.29, 0.717) is 6.61 Å². The number of benzene rings is 1. The Kier molecular flexibility index (Phi) is 8.05. The van der Waals surface area contributed by atoms with Crippen LogP contribution in [0.1, 0.15) is 12.8 Å². The van der Waals surface area contributed by atoms with E-state index >= 15 is 0 Å². The SMILES string of the molecule is COCCCCNCCOc1ccc(Br)cc1. The van der Waals surface area contributed by atoms with Crippen LogP contribution >= 0.6 is 15.9 Å². The average molecular weight is 302 g/mol. The first-order chi connectivity index (χ1) is 8.33. The Morgan fingerprint density at radius 3 is 2.53 bits per heavy atom. The summed E-state index contributed by atoms with van der Waals surface area (Å²) in [7, 11) is 1.74. The fourth-order valence-corrected chi connectivity index (χ4v) is 1.66. The zero-order chi connectivity index (χ0) is 12.3. The number of rotatable bonds is 9. The molecule has 0 aliphatic rings. The summed E-state index contributed by atoms with van der Waals surface area (Å²) in [5.74, 6) is 0.911. The standard InChI is InChI=1S/C13H20BrNO2/c1-16-10-3-2-8-15-9-11-17-13-6-4-12(14)5-7-13/h4-7,15H,2-3,8-11H2,1H3. The Hall–Kier alpha value is -0.580. The molecule has 0 unspecified atom stereocenters. The molecule has 0 saturated heterocycles. The fourth-order valence-electron chi connectivity index (χ4n) is 1.39. The van der Waals surface area contributed by atoms with Crippen LogP contribution in [-0.4, -0.2) is 33.4 Å². The normalized spacial score (nSPS) is 10.5. The van der Waals surface area contributed by atoms with E-state index in [4.69, 9.17) is 9.47 Å². The Labute approximate surface area is 112 Å². The minimum atomic E-state index is 0.700. The number of halogens is 1. The zero-order valence-electron chi connectivity index (χ0n) is 10.2. The van der Waals surface area contributed by atoms with Crippen LogP contribution in [0.3, 0.4) is 0 Å². The summed E-state index contributed by atoms with van der Waals surface area (Å²) in [5.41, 5.74) is 0. The topological polar surface area (TPSA) is 30.5 Å². The second-order valence-electron chi connectivity index (χ2n) is 3.75. The van der Waals surface area contributed by atoms with Crippen molar-refractivity contribution in [3.05, 3.63) is 28.7 Å². The molecule has 0 atom stereocenters. The van der Waals surface area contributed by atoms with Crippen molar-refractivity contribution in [3.8, 4) is 5.75 Å². The van der Waals surface area contributed by atoms with Crippen LogP contribution in [0.15, 0.2) is 28.7 Å². The number of hydrogen-bond acceptors (Lipinski definition) is 3. The first kappa shape index (κ1) is 14.5. The lowest BCUT2D eigenvalue weighted by molar-refractivity contribution is 0.192. The molecule has 0 saturated carbocycles. The van der Waals surface area contributed by atoms with Crippen LogP contribution < -0.4 is 10.1 Å². The monoisotopic (exact) mass is 301 g/mol. The number of nitrogens with one attached hydrogen (secondary N) is 1. The third kappa shape index (κ3) is 7.36. The van der Waals surface area contributed by atoms with Crippen LogP contribution in [0.2, 0.25) is 0 Å². The Bertz CT molecular complexity index is 290. The van der Waals surface area contributed by atoms with Crippen molar-refractivity contribution in [2.45, 2.75) is 12.8 Å². The molecule has 1 aromatic rings. The van der Waals surface area contributed by atoms with Gasteiger partial charge in [0, 0.05) is 24.7 Å². The molecule has 0 spiro atoms. The van der Waals surface area contributed by atoms with E-state index in [9.17, 15) is 0 Å². The average Bonchev–Trinajstić information content (AvgIpc) is 2.35. The van der Waals surface area contributed by atoms with Gasteiger partial charge in [-0.1, -0.05) is 15.9 Å². The summed E-state index contributed by atoms with van der Waals surface area (Å²) in [5, 5.41) is 3.34. The number of methoxy groups -OCH3 is 1. The van der Waals surface area contributed by atoms with Crippen molar-refractivity contribution in [1.29, 1.82) is 0 Å². The largest absolute Gasteiger partial charge is 0.492 e. The molecular weight excluding hydrogens is 282 g/mol. The lowest BCUT2D eigenvalue weighted by Gasteiger charge is -2.07. The van der Waals surface area contributed by atoms with Gasteiger partial charge in [0.1, 0.15) is 12.4 Å². The Morgan fingerprint density at radius 2 is 1.82 bits per heavy atom. The molecule has 0 aliphatic carbocycles. The smallest absolute Gasteiger partial charge is 0.119 e. The highest BCUT2D eigenvalue weighted by molar-refractivity contribution is 9.10. The quantitative estimate of drug-likeness (QED) is 0.712. The van der Waals surface area contributed by atoms with Gasteiger partial charge in [-0.05, 0) is 43.7 Å². The molecule has 1 N–H and O–H groups in total. The van der Waals surface area contributed by atoms with Crippen LogP contribution in [0.5, 0.6) is 5.75 Å². The lowest BCUT2D eigenvalue weighted by atomic mass is 10.3. The van der Waals surface area contributed by atoms with E-state index in [1.54, 1.807) is 7.11 Å². The summed E-state index contributed by atoms with van der Waals surface area (Å²) in [6.07, 6.45) is 2.25. The molecule has 4 heteroatoms. The van der Waals surface area contributed by atoms with Crippen molar-refractivity contribution in [3.63, 3.8) is 0 Å². The molecule has 0 fully saturated rings. The van der Waals surface area contributed by atoms with E-state index in [-0.39, 0.29) is 0 Å². The third-order valence-corrected chi connectivity index (χ3v) is 2.84. The van der Waals surface area contributed by atoms with Gasteiger partial charge in [-0.25, -0.2) is 0 Å². The molecule has 0 aromatic heterocycles. The fraction of sp³-hybridized carbons (Fsp3) is 0.538. The molecule has 1 aromatic carbocycles. The molecule has 3 nitrogen and oxygen atoms in total. The van der Waals surface area contributed by atoms with Crippen molar-refractivity contribution in [2.75, 3.05) is 33.4 Å². The van der Waals surface area contributed by atoms with Gasteiger partial charge < -0.3 is 14.8 Å². The summed E-state index contributed by atoms with van der Waals surface area (Å²) in [6, 6.07) is 7.88. The van der Waals surface area contributed by atoms with E-state index in [0.717, 1.165) is 42.8 Å². The van der Waals surface area contributed by atoms with Gasteiger partial charge in [0.2, 0.25) is 0 Å². The van der Waals surface area contributed by atoms with Crippen molar-refractivity contribution in [1.82, 2.24) is 5.32 Å². The van der Waals surface area contributed by atoms with Gasteiger partial charge in [0.05, 0.1) is 0 Å². The van der Waals surface area contributed by atoms with Crippen molar-refractivity contribution < 1.29 is 9.47 Å². The first-order valence-corrected chi connectivity index (χ1v) is 6.70. The maximum atomic E-state index is 5.58. The summed E-state index contributed by atoms with van der Waals surface area (Å²) in [6.45, 7) is 3.44. The summed E-state index contributed by atoms with van der Waals surface area (Å²) < 4.78 is 11.6. The van der Waals surface area contributed by atoms with Crippen LogP contribution in [0, 0.1) is 0 Å². The Balaban J connectivity index is 1.95. The molecule has 96 valence electrons. The van der Waals surface area contributed by atoms with Crippen LogP contribution in [0.4, 0.5) is 0 Å². The molecule has 0 heterocycles. The molecule has 1 rings (SSSR count).